The maximum atomic E-state index is 11.1. The van der Waals surface area contributed by atoms with Gasteiger partial charge in [0, 0.05) is 33.8 Å². The summed E-state index contributed by atoms with van der Waals surface area (Å²) < 4.78 is 2.21. The van der Waals surface area contributed by atoms with E-state index in [1.165, 1.54) is 5.39 Å². The Morgan fingerprint density at radius 1 is 0.477 bits per heavy atom. The number of nitrogens with zero attached hydrogens (tertiary/aromatic N) is 3. The van der Waals surface area contributed by atoms with Crippen molar-refractivity contribution in [1.82, 2.24) is 14.5 Å². The van der Waals surface area contributed by atoms with Gasteiger partial charge >= 0.3 is 0 Å². The molecule has 0 radical (unpaired) electrons. The number of phenolic OH excluding ortho intramolecular Hbond substituents is 1. The number of aromatic nitrogens is 3. The molecule has 0 bridgehead atoms. The molecular weight excluding hydrogens is 538 g/mol. The van der Waals surface area contributed by atoms with Gasteiger partial charge in [-0.05, 0) is 76.9 Å². The number of fused-ring (bicyclic) bond motifs is 3. The number of benzene rings is 5. The second kappa shape index (κ2) is 10.7. The lowest BCUT2D eigenvalue weighted by Crippen LogP contribution is -1.97. The molecule has 4 nitrogen and oxygen atoms in total. The van der Waals surface area contributed by atoms with Crippen LogP contribution in [-0.2, 0) is 0 Å². The Morgan fingerprint density at radius 3 is 1.98 bits per heavy atom. The van der Waals surface area contributed by atoms with Crippen LogP contribution < -0.4 is 0 Å². The van der Waals surface area contributed by atoms with Gasteiger partial charge in [0.15, 0.2) is 0 Å². The highest BCUT2D eigenvalue weighted by atomic mass is 16.3. The fourth-order valence-corrected chi connectivity index (χ4v) is 6.03. The van der Waals surface area contributed by atoms with Crippen LogP contribution in [0.1, 0.15) is 0 Å². The smallest absolute Gasteiger partial charge is 0.145 e. The number of phenols is 1. The second-order valence-electron chi connectivity index (χ2n) is 10.9. The van der Waals surface area contributed by atoms with E-state index in [-0.39, 0.29) is 5.75 Å². The molecule has 8 rings (SSSR count). The van der Waals surface area contributed by atoms with Crippen LogP contribution in [0, 0.1) is 0 Å². The molecule has 0 unspecified atom stereocenters. The third kappa shape index (κ3) is 4.50. The van der Waals surface area contributed by atoms with Gasteiger partial charge in [0.05, 0.1) is 16.9 Å². The maximum Gasteiger partial charge on any atom is 0.145 e. The minimum Gasteiger partial charge on any atom is -0.507 e. The summed E-state index contributed by atoms with van der Waals surface area (Å²) in [5.41, 5.74) is 10.4. The highest BCUT2D eigenvalue weighted by Crippen LogP contribution is 2.37. The highest BCUT2D eigenvalue weighted by Gasteiger charge is 2.16. The molecule has 4 heteroatoms. The van der Waals surface area contributed by atoms with Gasteiger partial charge in [-0.3, -0.25) is 4.57 Å². The number of rotatable bonds is 5. The first-order valence-electron chi connectivity index (χ1n) is 14.6. The minimum atomic E-state index is 0.193. The molecule has 0 saturated carbocycles. The fraction of sp³-hybridized carbons (Fsp3) is 0. The summed E-state index contributed by atoms with van der Waals surface area (Å²) in [5, 5.41) is 13.4. The summed E-state index contributed by atoms with van der Waals surface area (Å²) >= 11 is 0. The molecule has 208 valence electrons. The van der Waals surface area contributed by atoms with Crippen LogP contribution in [0.15, 0.2) is 158 Å². The van der Waals surface area contributed by atoms with Crippen LogP contribution in [-0.4, -0.2) is 19.6 Å². The predicted molar refractivity (Wildman–Crippen MR) is 180 cm³/mol. The van der Waals surface area contributed by atoms with E-state index in [9.17, 15) is 5.11 Å². The first kappa shape index (κ1) is 25.7. The molecule has 5 aromatic carbocycles. The number of aromatic hydroxyl groups is 1. The molecular formula is C40H27N3O. The van der Waals surface area contributed by atoms with Crippen molar-refractivity contribution in [2.24, 2.45) is 0 Å². The lowest BCUT2D eigenvalue weighted by molar-refractivity contribution is 0.477. The molecule has 44 heavy (non-hydrogen) atoms. The molecule has 3 aromatic heterocycles. The molecule has 0 amide bonds. The van der Waals surface area contributed by atoms with Crippen molar-refractivity contribution < 1.29 is 5.11 Å². The van der Waals surface area contributed by atoms with Crippen LogP contribution in [0.25, 0.3) is 72.4 Å². The van der Waals surface area contributed by atoms with E-state index in [2.05, 4.69) is 95.6 Å². The lowest BCUT2D eigenvalue weighted by atomic mass is 9.97. The molecule has 0 spiro atoms. The quantitative estimate of drug-likeness (QED) is 0.226. The van der Waals surface area contributed by atoms with Gasteiger partial charge in [-0.1, -0.05) is 97.1 Å². The van der Waals surface area contributed by atoms with E-state index in [1.54, 1.807) is 6.07 Å². The Bertz CT molecular complexity index is 2240. The first-order valence-corrected chi connectivity index (χ1v) is 14.6. The zero-order chi connectivity index (χ0) is 29.5. The van der Waals surface area contributed by atoms with E-state index in [1.807, 2.05) is 60.8 Å². The van der Waals surface area contributed by atoms with E-state index in [4.69, 9.17) is 9.97 Å². The van der Waals surface area contributed by atoms with E-state index in [0.29, 0.717) is 11.3 Å². The zero-order valence-electron chi connectivity index (χ0n) is 23.8. The van der Waals surface area contributed by atoms with E-state index >= 15 is 0 Å². The Balaban J connectivity index is 1.32. The van der Waals surface area contributed by atoms with E-state index < -0.39 is 0 Å². The summed E-state index contributed by atoms with van der Waals surface area (Å²) in [4.78, 5) is 9.92. The zero-order valence-corrected chi connectivity index (χ0v) is 23.8. The fourth-order valence-electron chi connectivity index (χ4n) is 6.03. The third-order valence-electron chi connectivity index (χ3n) is 8.15. The van der Waals surface area contributed by atoms with Gasteiger partial charge in [-0.25, -0.2) is 9.97 Å². The molecule has 0 saturated heterocycles. The van der Waals surface area contributed by atoms with Crippen LogP contribution in [0.2, 0.25) is 0 Å². The van der Waals surface area contributed by atoms with Gasteiger partial charge in [-0.2, -0.15) is 0 Å². The van der Waals surface area contributed by atoms with Crippen LogP contribution in [0.3, 0.4) is 0 Å². The van der Waals surface area contributed by atoms with Crippen molar-refractivity contribution in [3.8, 4) is 56.2 Å². The average Bonchev–Trinajstić information content (AvgIpc) is 3.44. The van der Waals surface area contributed by atoms with Crippen LogP contribution >= 0.6 is 0 Å². The molecule has 0 aliphatic rings. The summed E-state index contributed by atoms with van der Waals surface area (Å²) in [6, 6.07) is 51.4. The largest absolute Gasteiger partial charge is 0.507 e. The van der Waals surface area contributed by atoms with Gasteiger partial charge in [0.25, 0.3) is 0 Å². The maximum absolute atomic E-state index is 11.1. The van der Waals surface area contributed by atoms with Gasteiger partial charge in [0.2, 0.25) is 0 Å². The Labute approximate surface area is 255 Å². The second-order valence-corrected chi connectivity index (χ2v) is 10.9. The third-order valence-corrected chi connectivity index (χ3v) is 8.15. The number of para-hydroxylation sites is 1. The number of hydrogen-bond donors (Lipinski definition) is 1. The summed E-state index contributed by atoms with van der Waals surface area (Å²) in [6.45, 7) is 0. The van der Waals surface area contributed by atoms with Crippen LogP contribution in [0.4, 0.5) is 0 Å². The van der Waals surface area contributed by atoms with Crippen molar-refractivity contribution in [2.75, 3.05) is 0 Å². The first-order chi connectivity index (χ1) is 21.7. The average molecular weight is 566 g/mol. The minimum absolute atomic E-state index is 0.193. The van der Waals surface area contributed by atoms with Crippen molar-refractivity contribution in [3.05, 3.63) is 158 Å². The molecule has 0 atom stereocenters. The molecule has 0 aliphatic carbocycles. The van der Waals surface area contributed by atoms with Gasteiger partial charge in [0.1, 0.15) is 11.4 Å². The Hall–Kier alpha value is -6.00. The molecule has 3 heterocycles. The predicted octanol–water partition coefficient (Wildman–Crippen LogP) is 9.95. The van der Waals surface area contributed by atoms with Gasteiger partial charge < -0.3 is 5.11 Å². The Morgan fingerprint density at radius 2 is 1.16 bits per heavy atom. The van der Waals surface area contributed by atoms with Crippen molar-refractivity contribution >= 4 is 21.9 Å². The van der Waals surface area contributed by atoms with Crippen LogP contribution in [0.5, 0.6) is 5.75 Å². The normalized spacial score (nSPS) is 11.3. The topological polar surface area (TPSA) is 50.9 Å². The number of hydrogen-bond acceptors (Lipinski definition) is 3. The SMILES string of the molecule is Oc1ccc(-c2ccccc2)cc1-c1cc(-c2ccccc2)cc(-c2cccc(-n3c4ccccc4c4cccnc43)c2)n1. The Kier molecular flexibility index (Phi) is 6.24. The highest BCUT2D eigenvalue weighted by molar-refractivity contribution is 6.07. The van der Waals surface area contributed by atoms with Crippen molar-refractivity contribution in [3.63, 3.8) is 0 Å². The summed E-state index contributed by atoms with van der Waals surface area (Å²) in [6.07, 6.45) is 1.84. The summed E-state index contributed by atoms with van der Waals surface area (Å²) in [7, 11) is 0. The number of pyridine rings is 2. The van der Waals surface area contributed by atoms with Gasteiger partial charge in [-0.15, -0.1) is 0 Å². The molecule has 0 aliphatic heterocycles. The lowest BCUT2D eigenvalue weighted by Gasteiger charge is -2.14. The monoisotopic (exact) mass is 565 g/mol. The van der Waals surface area contributed by atoms with Crippen molar-refractivity contribution in [1.29, 1.82) is 0 Å². The molecule has 1 N–H and O–H groups in total. The molecule has 8 aromatic rings. The van der Waals surface area contributed by atoms with E-state index in [0.717, 1.165) is 55.7 Å². The summed E-state index contributed by atoms with van der Waals surface area (Å²) in [5.74, 6) is 0.193. The molecule has 0 fully saturated rings. The standard InChI is InChI=1S/C40H27N3O/c44-39-21-20-29(27-11-3-1-4-12-27)24-35(39)37-26-31(28-13-5-2-6-14-28)25-36(42-37)30-15-9-16-32(23-30)43-38-19-8-7-17-33(38)34-18-10-22-41-40(34)43/h1-26,44H. The van der Waals surface area contributed by atoms with Crippen molar-refractivity contribution in [2.45, 2.75) is 0 Å².